The number of hydrogen-bond acceptors (Lipinski definition) is 6. The molecule has 1 atom stereocenters. The highest BCUT2D eigenvalue weighted by Crippen LogP contribution is 2.39. The minimum Gasteiger partial charge on any atom is -0.444 e. The van der Waals surface area contributed by atoms with E-state index in [1.165, 1.54) is 12.8 Å². The molecule has 1 saturated heterocycles. The Labute approximate surface area is 129 Å². The molecule has 0 radical (unpaired) electrons. The molecule has 0 unspecified atom stereocenters. The van der Waals surface area contributed by atoms with Crippen LogP contribution in [0.5, 0.6) is 0 Å². The average molecular weight is 302 g/mol. The standard InChI is InChI=1S/C16H22N4O2/c1-10-11(2)21-14(17-10)9-20-7-3-4-13(8-20)15-18-16(22-19-15)12-5-6-12/h12-13H,3-9H2,1-2H3/t13-/m1/s1. The summed E-state index contributed by atoms with van der Waals surface area (Å²) in [5.41, 5.74) is 0.982. The third-order valence-electron chi connectivity index (χ3n) is 4.69. The summed E-state index contributed by atoms with van der Waals surface area (Å²) >= 11 is 0. The second-order valence-corrected chi connectivity index (χ2v) is 6.59. The van der Waals surface area contributed by atoms with Crippen molar-refractivity contribution in [1.29, 1.82) is 0 Å². The Morgan fingerprint density at radius 3 is 2.73 bits per heavy atom. The third kappa shape index (κ3) is 2.79. The van der Waals surface area contributed by atoms with Crippen molar-refractivity contribution in [3.63, 3.8) is 0 Å². The fourth-order valence-electron chi connectivity index (χ4n) is 3.12. The highest BCUT2D eigenvalue weighted by Gasteiger charge is 2.32. The smallest absolute Gasteiger partial charge is 0.229 e. The Hall–Kier alpha value is -1.69. The van der Waals surface area contributed by atoms with Gasteiger partial charge in [0.2, 0.25) is 11.8 Å². The molecule has 118 valence electrons. The lowest BCUT2D eigenvalue weighted by Crippen LogP contribution is -2.34. The van der Waals surface area contributed by atoms with Gasteiger partial charge >= 0.3 is 0 Å². The first-order valence-electron chi connectivity index (χ1n) is 8.18. The van der Waals surface area contributed by atoms with Crippen LogP contribution >= 0.6 is 0 Å². The molecule has 0 bridgehead atoms. The van der Waals surface area contributed by atoms with Gasteiger partial charge in [0.15, 0.2) is 5.82 Å². The number of rotatable bonds is 4. The van der Waals surface area contributed by atoms with E-state index in [9.17, 15) is 0 Å². The molecule has 4 rings (SSSR count). The topological polar surface area (TPSA) is 68.2 Å². The number of hydrogen-bond donors (Lipinski definition) is 0. The molecule has 2 aliphatic rings. The molecule has 1 saturated carbocycles. The molecule has 2 aromatic rings. The van der Waals surface area contributed by atoms with E-state index >= 15 is 0 Å². The van der Waals surface area contributed by atoms with Crippen LogP contribution in [-0.2, 0) is 6.54 Å². The zero-order chi connectivity index (χ0) is 15.1. The Morgan fingerprint density at radius 1 is 1.14 bits per heavy atom. The van der Waals surface area contributed by atoms with E-state index < -0.39 is 0 Å². The van der Waals surface area contributed by atoms with E-state index in [1.807, 2.05) is 13.8 Å². The van der Waals surface area contributed by atoms with Gasteiger partial charge in [0.1, 0.15) is 5.76 Å². The number of likely N-dealkylation sites (tertiary alicyclic amines) is 1. The van der Waals surface area contributed by atoms with Gasteiger partial charge in [0.25, 0.3) is 0 Å². The van der Waals surface area contributed by atoms with Crippen molar-refractivity contribution < 1.29 is 8.94 Å². The van der Waals surface area contributed by atoms with Crippen LogP contribution < -0.4 is 0 Å². The van der Waals surface area contributed by atoms with Crippen LogP contribution in [0, 0.1) is 13.8 Å². The second-order valence-electron chi connectivity index (χ2n) is 6.59. The van der Waals surface area contributed by atoms with Gasteiger partial charge in [-0.25, -0.2) is 4.98 Å². The zero-order valence-corrected chi connectivity index (χ0v) is 13.2. The molecule has 3 heterocycles. The fraction of sp³-hybridized carbons (Fsp3) is 0.688. The maximum Gasteiger partial charge on any atom is 0.229 e. The summed E-state index contributed by atoms with van der Waals surface area (Å²) in [5.74, 6) is 4.33. The lowest BCUT2D eigenvalue weighted by Gasteiger charge is -2.30. The van der Waals surface area contributed by atoms with Crippen molar-refractivity contribution in [3.8, 4) is 0 Å². The van der Waals surface area contributed by atoms with Crippen molar-refractivity contribution in [1.82, 2.24) is 20.0 Å². The molecule has 6 heteroatoms. The molecule has 0 amide bonds. The molecular weight excluding hydrogens is 280 g/mol. The van der Waals surface area contributed by atoms with E-state index in [0.717, 1.165) is 61.5 Å². The average Bonchev–Trinajstić information content (AvgIpc) is 3.15. The molecule has 0 spiro atoms. The van der Waals surface area contributed by atoms with Gasteiger partial charge in [0.05, 0.1) is 12.2 Å². The van der Waals surface area contributed by atoms with Gasteiger partial charge in [-0.05, 0) is 46.1 Å². The molecule has 2 aromatic heterocycles. The monoisotopic (exact) mass is 302 g/mol. The number of piperidine rings is 1. The van der Waals surface area contributed by atoms with Crippen molar-refractivity contribution in [3.05, 3.63) is 29.1 Å². The van der Waals surface area contributed by atoms with Crippen LogP contribution in [0.2, 0.25) is 0 Å². The lowest BCUT2D eigenvalue weighted by molar-refractivity contribution is 0.178. The number of aryl methyl sites for hydroxylation is 2. The summed E-state index contributed by atoms with van der Waals surface area (Å²) in [7, 11) is 0. The fourth-order valence-corrected chi connectivity index (χ4v) is 3.12. The quantitative estimate of drug-likeness (QED) is 0.865. The van der Waals surface area contributed by atoms with Crippen LogP contribution in [0.4, 0.5) is 0 Å². The van der Waals surface area contributed by atoms with Gasteiger partial charge in [-0.1, -0.05) is 5.16 Å². The Balaban J connectivity index is 1.42. The van der Waals surface area contributed by atoms with Crippen molar-refractivity contribution in [2.45, 2.75) is 57.9 Å². The predicted molar refractivity (Wildman–Crippen MR) is 79.5 cm³/mol. The largest absolute Gasteiger partial charge is 0.444 e. The molecule has 2 fully saturated rings. The normalized spacial score (nSPS) is 23.1. The van der Waals surface area contributed by atoms with E-state index in [1.54, 1.807) is 0 Å². The van der Waals surface area contributed by atoms with E-state index in [-0.39, 0.29) is 0 Å². The number of aromatic nitrogens is 3. The van der Waals surface area contributed by atoms with Gasteiger partial charge in [-0.15, -0.1) is 0 Å². The molecular formula is C16H22N4O2. The van der Waals surface area contributed by atoms with Crippen LogP contribution in [0.15, 0.2) is 8.94 Å². The molecule has 1 aliphatic carbocycles. The molecule has 22 heavy (non-hydrogen) atoms. The maximum atomic E-state index is 5.70. The Morgan fingerprint density at radius 2 is 2.00 bits per heavy atom. The predicted octanol–water partition coefficient (Wildman–Crippen LogP) is 2.93. The van der Waals surface area contributed by atoms with Gasteiger partial charge in [-0.3, -0.25) is 4.90 Å². The minimum absolute atomic E-state index is 0.363. The van der Waals surface area contributed by atoms with Crippen LogP contribution in [-0.4, -0.2) is 33.1 Å². The van der Waals surface area contributed by atoms with Crippen molar-refractivity contribution in [2.75, 3.05) is 13.1 Å². The summed E-state index contributed by atoms with van der Waals surface area (Å²) in [6, 6.07) is 0. The number of oxazole rings is 1. The summed E-state index contributed by atoms with van der Waals surface area (Å²) < 4.78 is 11.1. The van der Waals surface area contributed by atoms with Gasteiger partial charge < -0.3 is 8.94 Å². The molecule has 1 aliphatic heterocycles. The zero-order valence-electron chi connectivity index (χ0n) is 13.2. The van der Waals surface area contributed by atoms with Gasteiger partial charge in [-0.2, -0.15) is 4.98 Å². The summed E-state index contributed by atoms with van der Waals surface area (Å²) in [6.07, 6.45) is 4.67. The first-order chi connectivity index (χ1) is 10.7. The number of nitrogens with zero attached hydrogens (tertiary/aromatic N) is 4. The minimum atomic E-state index is 0.363. The Bertz CT molecular complexity index is 639. The van der Waals surface area contributed by atoms with Crippen LogP contribution in [0.3, 0.4) is 0 Å². The first kappa shape index (κ1) is 13.9. The van der Waals surface area contributed by atoms with E-state index in [0.29, 0.717) is 11.8 Å². The first-order valence-corrected chi connectivity index (χ1v) is 8.18. The van der Waals surface area contributed by atoms with Crippen LogP contribution in [0.25, 0.3) is 0 Å². The van der Waals surface area contributed by atoms with Crippen LogP contribution in [0.1, 0.15) is 66.6 Å². The van der Waals surface area contributed by atoms with Crippen molar-refractivity contribution >= 4 is 0 Å². The summed E-state index contributed by atoms with van der Waals surface area (Å²) in [5, 5.41) is 4.21. The summed E-state index contributed by atoms with van der Waals surface area (Å²) in [6.45, 7) is 6.73. The van der Waals surface area contributed by atoms with Crippen molar-refractivity contribution in [2.24, 2.45) is 0 Å². The molecule has 0 aromatic carbocycles. The summed E-state index contributed by atoms with van der Waals surface area (Å²) in [4.78, 5) is 11.5. The lowest BCUT2D eigenvalue weighted by atomic mass is 9.97. The van der Waals surface area contributed by atoms with Gasteiger partial charge in [0, 0.05) is 18.4 Å². The maximum absolute atomic E-state index is 5.70. The van der Waals surface area contributed by atoms with E-state index in [2.05, 4.69) is 20.0 Å². The highest BCUT2D eigenvalue weighted by atomic mass is 16.5. The molecule has 6 nitrogen and oxygen atoms in total. The Kier molecular flexibility index (Phi) is 3.48. The molecule has 0 N–H and O–H groups in total. The highest BCUT2D eigenvalue weighted by molar-refractivity contribution is 5.07. The SMILES string of the molecule is Cc1nc(CN2CCC[C@@H](c3noc(C4CC4)n3)C2)oc1C. The second kappa shape index (κ2) is 5.50. The van der Waals surface area contributed by atoms with E-state index in [4.69, 9.17) is 8.94 Å². The third-order valence-corrected chi connectivity index (χ3v) is 4.69.